The first-order valence-electron chi connectivity index (χ1n) is 5.70. The fourth-order valence-corrected chi connectivity index (χ4v) is 2.49. The lowest BCUT2D eigenvalue weighted by molar-refractivity contribution is 0.557. The van der Waals surface area contributed by atoms with Crippen LogP contribution >= 0.6 is 11.8 Å². The van der Waals surface area contributed by atoms with E-state index in [0.717, 1.165) is 11.7 Å². The molecule has 0 spiro atoms. The van der Waals surface area contributed by atoms with Gasteiger partial charge >= 0.3 is 0 Å². The predicted molar refractivity (Wildman–Crippen MR) is 66.1 cm³/mol. The summed E-state index contributed by atoms with van der Waals surface area (Å²) < 4.78 is 0. The van der Waals surface area contributed by atoms with Crippen LogP contribution in [0.5, 0.6) is 0 Å². The molecule has 1 aliphatic heterocycles. The van der Waals surface area contributed by atoms with Gasteiger partial charge in [-0.2, -0.15) is 0 Å². The number of rotatable bonds is 5. The van der Waals surface area contributed by atoms with Crippen LogP contribution in [0, 0.1) is 0 Å². The van der Waals surface area contributed by atoms with Crippen molar-refractivity contribution in [1.29, 1.82) is 0 Å². The molecule has 0 saturated heterocycles. The topological polar surface area (TPSA) is 24.4 Å². The van der Waals surface area contributed by atoms with E-state index in [0.29, 0.717) is 11.3 Å². The zero-order valence-electron chi connectivity index (χ0n) is 9.55. The molecule has 0 saturated carbocycles. The van der Waals surface area contributed by atoms with Crippen LogP contribution < -0.4 is 5.32 Å². The highest BCUT2D eigenvalue weighted by Gasteiger charge is 2.15. The van der Waals surface area contributed by atoms with Gasteiger partial charge in [-0.3, -0.25) is 4.99 Å². The van der Waals surface area contributed by atoms with Crippen LogP contribution in [0.25, 0.3) is 0 Å². The van der Waals surface area contributed by atoms with E-state index in [4.69, 9.17) is 0 Å². The highest BCUT2D eigenvalue weighted by molar-refractivity contribution is 8.14. The third-order valence-electron chi connectivity index (χ3n) is 2.42. The standard InChI is InChI=1S/C11H22N2S/c1-4-5-6-7-9(2)13-11-12-8-10(3)14-11/h9-10H,4-8H2,1-3H3,(H,12,13). The lowest BCUT2D eigenvalue weighted by Gasteiger charge is -2.14. The first kappa shape index (κ1) is 11.9. The minimum atomic E-state index is 0.582. The largest absolute Gasteiger partial charge is 0.362 e. The van der Waals surface area contributed by atoms with Crippen molar-refractivity contribution in [1.82, 2.24) is 5.32 Å². The number of aliphatic imine (C=N–C) groups is 1. The Morgan fingerprint density at radius 2 is 2.36 bits per heavy atom. The fraction of sp³-hybridized carbons (Fsp3) is 0.909. The Labute approximate surface area is 92.0 Å². The summed E-state index contributed by atoms with van der Waals surface area (Å²) in [7, 11) is 0. The maximum Gasteiger partial charge on any atom is 0.157 e. The molecule has 0 bridgehead atoms. The first-order chi connectivity index (χ1) is 6.72. The van der Waals surface area contributed by atoms with Gasteiger partial charge in [-0.1, -0.05) is 44.9 Å². The van der Waals surface area contributed by atoms with E-state index in [1.54, 1.807) is 0 Å². The van der Waals surface area contributed by atoms with E-state index in [9.17, 15) is 0 Å². The second-order valence-corrected chi connectivity index (χ2v) is 5.54. The molecule has 14 heavy (non-hydrogen) atoms. The SMILES string of the molecule is CCCCCC(C)NC1=NCC(C)S1. The molecular formula is C11H22N2S. The van der Waals surface area contributed by atoms with E-state index in [-0.39, 0.29) is 0 Å². The molecule has 2 nitrogen and oxygen atoms in total. The minimum Gasteiger partial charge on any atom is -0.362 e. The van der Waals surface area contributed by atoms with Gasteiger partial charge in [0.1, 0.15) is 0 Å². The van der Waals surface area contributed by atoms with Crippen LogP contribution in [0.3, 0.4) is 0 Å². The Bertz CT molecular complexity index is 192. The quantitative estimate of drug-likeness (QED) is 0.711. The summed E-state index contributed by atoms with van der Waals surface area (Å²) in [6.07, 6.45) is 5.25. The monoisotopic (exact) mass is 214 g/mol. The van der Waals surface area contributed by atoms with Crippen molar-refractivity contribution >= 4 is 16.9 Å². The molecule has 1 aliphatic rings. The van der Waals surface area contributed by atoms with E-state index < -0.39 is 0 Å². The molecule has 0 fully saturated rings. The van der Waals surface area contributed by atoms with Crippen LogP contribution in [0.2, 0.25) is 0 Å². The molecule has 2 atom stereocenters. The summed E-state index contributed by atoms with van der Waals surface area (Å²) in [5, 5.41) is 5.30. The number of nitrogens with one attached hydrogen (secondary N) is 1. The van der Waals surface area contributed by atoms with Crippen molar-refractivity contribution in [3.8, 4) is 0 Å². The van der Waals surface area contributed by atoms with Crippen LogP contribution in [-0.4, -0.2) is 23.0 Å². The molecule has 0 aromatic carbocycles. The number of unbranched alkanes of at least 4 members (excludes halogenated alkanes) is 2. The van der Waals surface area contributed by atoms with Crippen molar-refractivity contribution < 1.29 is 0 Å². The van der Waals surface area contributed by atoms with Crippen molar-refractivity contribution in [2.24, 2.45) is 4.99 Å². The van der Waals surface area contributed by atoms with Gasteiger partial charge in [0.15, 0.2) is 5.17 Å². The lowest BCUT2D eigenvalue weighted by Crippen LogP contribution is -2.29. The molecule has 1 rings (SSSR count). The van der Waals surface area contributed by atoms with E-state index in [2.05, 4.69) is 31.1 Å². The molecule has 2 unspecified atom stereocenters. The molecule has 0 amide bonds. The van der Waals surface area contributed by atoms with Crippen molar-refractivity contribution in [3.63, 3.8) is 0 Å². The van der Waals surface area contributed by atoms with Crippen LogP contribution in [0.4, 0.5) is 0 Å². The van der Waals surface area contributed by atoms with Gasteiger partial charge in [0.2, 0.25) is 0 Å². The summed E-state index contributed by atoms with van der Waals surface area (Å²) in [4.78, 5) is 4.45. The summed E-state index contributed by atoms with van der Waals surface area (Å²) in [6, 6.07) is 0.582. The zero-order valence-corrected chi connectivity index (χ0v) is 10.4. The molecular weight excluding hydrogens is 192 g/mol. The second-order valence-electron chi connectivity index (χ2n) is 4.12. The number of nitrogens with zero attached hydrogens (tertiary/aromatic N) is 1. The summed E-state index contributed by atoms with van der Waals surface area (Å²) in [5.41, 5.74) is 0. The van der Waals surface area contributed by atoms with E-state index >= 15 is 0 Å². The van der Waals surface area contributed by atoms with Gasteiger partial charge in [0, 0.05) is 11.3 Å². The number of hydrogen-bond donors (Lipinski definition) is 1. The molecule has 0 radical (unpaired) electrons. The van der Waals surface area contributed by atoms with Crippen LogP contribution in [-0.2, 0) is 0 Å². The Morgan fingerprint density at radius 3 is 2.93 bits per heavy atom. The highest BCUT2D eigenvalue weighted by atomic mass is 32.2. The number of hydrogen-bond acceptors (Lipinski definition) is 3. The van der Waals surface area contributed by atoms with Crippen LogP contribution in [0.1, 0.15) is 46.5 Å². The smallest absolute Gasteiger partial charge is 0.157 e. The Hall–Kier alpha value is -0.180. The second kappa shape index (κ2) is 6.33. The molecule has 0 aromatic heterocycles. The Kier molecular flexibility index (Phi) is 5.38. The van der Waals surface area contributed by atoms with Gasteiger partial charge in [-0.15, -0.1) is 0 Å². The fourth-order valence-electron chi connectivity index (χ4n) is 1.54. The molecule has 0 aromatic rings. The number of thioether (sulfide) groups is 1. The first-order valence-corrected chi connectivity index (χ1v) is 6.58. The van der Waals surface area contributed by atoms with Crippen LogP contribution in [0.15, 0.2) is 4.99 Å². The third kappa shape index (κ3) is 4.36. The van der Waals surface area contributed by atoms with Crippen molar-refractivity contribution in [3.05, 3.63) is 0 Å². The minimum absolute atomic E-state index is 0.582. The zero-order chi connectivity index (χ0) is 10.4. The average molecular weight is 214 g/mol. The molecule has 0 aliphatic carbocycles. The van der Waals surface area contributed by atoms with Gasteiger partial charge in [-0.25, -0.2) is 0 Å². The number of amidine groups is 1. The Morgan fingerprint density at radius 1 is 1.57 bits per heavy atom. The normalized spacial score (nSPS) is 23.4. The third-order valence-corrected chi connectivity index (χ3v) is 3.44. The Balaban J connectivity index is 2.11. The maximum absolute atomic E-state index is 4.45. The molecule has 82 valence electrons. The van der Waals surface area contributed by atoms with Gasteiger partial charge in [-0.05, 0) is 13.3 Å². The lowest BCUT2D eigenvalue weighted by atomic mass is 10.1. The van der Waals surface area contributed by atoms with Gasteiger partial charge in [0.05, 0.1) is 6.54 Å². The van der Waals surface area contributed by atoms with Gasteiger partial charge in [0.25, 0.3) is 0 Å². The summed E-state index contributed by atoms with van der Waals surface area (Å²) in [5.74, 6) is 0. The molecule has 3 heteroatoms. The predicted octanol–water partition coefficient (Wildman–Crippen LogP) is 3.04. The molecule has 1 heterocycles. The summed E-state index contributed by atoms with van der Waals surface area (Å²) in [6.45, 7) is 7.71. The van der Waals surface area contributed by atoms with Crippen molar-refractivity contribution in [2.45, 2.75) is 57.7 Å². The molecule has 1 N–H and O–H groups in total. The van der Waals surface area contributed by atoms with E-state index in [1.165, 1.54) is 25.7 Å². The average Bonchev–Trinajstić information content (AvgIpc) is 2.52. The van der Waals surface area contributed by atoms with E-state index in [1.807, 2.05) is 11.8 Å². The highest BCUT2D eigenvalue weighted by Crippen LogP contribution is 2.19. The maximum atomic E-state index is 4.45. The summed E-state index contributed by atoms with van der Waals surface area (Å²) >= 11 is 1.87. The van der Waals surface area contributed by atoms with Gasteiger partial charge < -0.3 is 5.32 Å². The van der Waals surface area contributed by atoms with Crippen molar-refractivity contribution in [2.75, 3.05) is 6.54 Å².